The van der Waals surface area contributed by atoms with E-state index in [1.165, 1.54) is 0 Å². The fourth-order valence-electron chi connectivity index (χ4n) is 1.90. The van der Waals surface area contributed by atoms with Crippen LogP contribution in [0.3, 0.4) is 0 Å². The highest BCUT2D eigenvalue weighted by Gasteiger charge is 2.18. The highest BCUT2D eigenvalue weighted by atomic mass is 16.5. The Hall–Kier alpha value is -0.610. The molecule has 4 nitrogen and oxygen atoms in total. The molecule has 0 aromatic heterocycles. The lowest BCUT2D eigenvalue weighted by atomic mass is 10.1. The Balaban J connectivity index is 2.25. The molecule has 0 aromatic rings. The molecule has 0 saturated carbocycles. The van der Waals surface area contributed by atoms with E-state index in [-0.39, 0.29) is 5.91 Å². The normalized spacial score (nSPS) is 24.4. The standard InChI is InChI=1S/C11H22N2O2/c1-9(5-7-15-2)13-10-4-3-6-12-11(14)8-10/h9-10,13H,3-8H2,1-2H3,(H,12,14). The van der Waals surface area contributed by atoms with Crippen LogP contribution in [0.1, 0.15) is 32.6 Å². The van der Waals surface area contributed by atoms with Crippen LogP contribution in [0.15, 0.2) is 0 Å². The van der Waals surface area contributed by atoms with Gasteiger partial charge in [-0.1, -0.05) is 0 Å². The number of methoxy groups -OCH3 is 1. The fraction of sp³-hybridized carbons (Fsp3) is 0.909. The van der Waals surface area contributed by atoms with Crippen LogP contribution in [-0.4, -0.2) is 38.3 Å². The van der Waals surface area contributed by atoms with Crippen molar-refractivity contribution in [2.75, 3.05) is 20.3 Å². The van der Waals surface area contributed by atoms with Crippen LogP contribution in [0.25, 0.3) is 0 Å². The first kappa shape index (κ1) is 12.5. The maximum Gasteiger partial charge on any atom is 0.221 e. The minimum Gasteiger partial charge on any atom is -0.385 e. The molecule has 0 aromatic carbocycles. The Labute approximate surface area is 91.8 Å². The van der Waals surface area contributed by atoms with Crippen LogP contribution in [0, 0.1) is 0 Å². The van der Waals surface area contributed by atoms with Crippen molar-refractivity contribution >= 4 is 5.91 Å². The summed E-state index contributed by atoms with van der Waals surface area (Å²) in [5, 5.41) is 6.37. The largest absolute Gasteiger partial charge is 0.385 e. The predicted octanol–water partition coefficient (Wildman–Crippen LogP) is 0.670. The third-order valence-corrected chi connectivity index (χ3v) is 2.76. The Bertz CT molecular complexity index is 197. The Morgan fingerprint density at radius 3 is 3.20 bits per heavy atom. The van der Waals surface area contributed by atoms with Gasteiger partial charge in [0.25, 0.3) is 0 Å². The van der Waals surface area contributed by atoms with Gasteiger partial charge in [0.1, 0.15) is 0 Å². The van der Waals surface area contributed by atoms with E-state index in [1.807, 2.05) is 0 Å². The third-order valence-electron chi connectivity index (χ3n) is 2.76. The first-order valence-corrected chi connectivity index (χ1v) is 5.74. The van der Waals surface area contributed by atoms with E-state index < -0.39 is 0 Å². The molecule has 1 amide bonds. The minimum absolute atomic E-state index is 0.170. The molecule has 1 saturated heterocycles. The van der Waals surface area contributed by atoms with Gasteiger partial charge < -0.3 is 15.4 Å². The van der Waals surface area contributed by atoms with Crippen molar-refractivity contribution in [3.8, 4) is 0 Å². The lowest BCUT2D eigenvalue weighted by molar-refractivity contribution is -0.121. The number of hydrogen-bond donors (Lipinski definition) is 2. The van der Waals surface area contributed by atoms with Crippen LogP contribution in [0.2, 0.25) is 0 Å². The SMILES string of the molecule is COCCC(C)NC1CCCNC(=O)C1. The number of rotatable bonds is 5. The molecule has 1 aliphatic heterocycles. The van der Waals surface area contributed by atoms with Crippen LogP contribution >= 0.6 is 0 Å². The van der Waals surface area contributed by atoms with Gasteiger partial charge in [0.05, 0.1) is 0 Å². The molecule has 0 bridgehead atoms. The van der Waals surface area contributed by atoms with E-state index in [0.29, 0.717) is 18.5 Å². The van der Waals surface area contributed by atoms with E-state index in [9.17, 15) is 4.79 Å². The summed E-state index contributed by atoms with van der Waals surface area (Å²) >= 11 is 0. The molecule has 0 spiro atoms. The van der Waals surface area contributed by atoms with Crippen LogP contribution in [0.5, 0.6) is 0 Å². The topological polar surface area (TPSA) is 50.4 Å². The monoisotopic (exact) mass is 214 g/mol. The Kier molecular flexibility index (Phi) is 5.65. The number of hydrogen-bond acceptors (Lipinski definition) is 3. The Morgan fingerprint density at radius 2 is 2.47 bits per heavy atom. The minimum atomic E-state index is 0.170. The van der Waals surface area contributed by atoms with E-state index in [2.05, 4.69) is 17.6 Å². The summed E-state index contributed by atoms with van der Waals surface area (Å²) in [4.78, 5) is 11.3. The molecule has 0 radical (unpaired) electrons. The molecule has 0 aliphatic carbocycles. The summed E-state index contributed by atoms with van der Waals surface area (Å²) in [6.07, 6.45) is 3.75. The predicted molar refractivity (Wildman–Crippen MR) is 59.7 cm³/mol. The molecular formula is C11H22N2O2. The van der Waals surface area contributed by atoms with E-state index >= 15 is 0 Å². The summed E-state index contributed by atoms with van der Waals surface area (Å²) in [6, 6.07) is 0.750. The van der Waals surface area contributed by atoms with Crippen LogP contribution < -0.4 is 10.6 Å². The zero-order valence-electron chi connectivity index (χ0n) is 9.71. The van der Waals surface area contributed by atoms with Crippen molar-refractivity contribution in [3.05, 3.63) is 0 Å². The molecule has 1 aliphatic rings. The maximum atomic E-state index is 11.3. The zero-order valence-corrected chi connectivity index (χ0v) is 9.71. The quantitative estimate of drug-likeness (QED) is 0.707. The molecule has 1 fully saturated rings. The van der Waals surface area contributed by atoms with Gasteiger partial charge in [-0.2, -0.15) is 0 Å². The molecule has 2 N–H and O–H groups in total. The average molecular weight is 214 g/mol. The smallest absolute Gasteiger partial charge is 0.221 e. The van der Waals surface area contributed by atoms with Crippen molar-refractivity contribution in [1.82, 2.24) is 10.6 Å². The number of carbonyl (C=O) groups excluding carboxylic acids is 1. The summed E-state index contributed by atoms with van der Waals surface area (Å²) < 4.78 is 5.03. The Morgan fingerprint density at radius 1 is 1.67 bits per heavy atom. The van der Waals surface area contributed by atoms with Gasteiger partial charge in [-0.25, -0.2) is 0 Å². The number of carbonyl (C=O) groups is 1. The van der Waals surface area contributed by atoms with Crippen molar-refractivity contribution < 1.29 is 9.53 Å². The third kappa shape index (κ3) is 5.14. The van der Waals surface area contributed by atoms with Gasteiger partial charge in [0, 0.05) is 38.8 Å². The van der Waals surface area contributed by atoms with Gasteiger partial charge in [-0.05, 0) is 26.2 Å². The van der Waals surface area contributed by atoms with E-state index in [1.54, 1.807) is 7.11 Å². The molecule has 88 valence electrons. The van der Waals surface area contributed by atoms with Crippen molar-refractivity contribution in [1.29, 1.82) is 0 Å². The summed E-state index contributed by atoms with van der Waals surface area (Å²) in [6.45, 7) is 3.73. The molecule has 2 atom stereocenters. The average Bonchev–Trinajstić information content (AvgIpc) is 2.39. The number of amides is 1. The van der Waals surface area contributed by atoms with E-state index in [0.717, 1.165) is 32.4 Å². The second-order valence-corrected chi connectivity index (χ2v) is 4.24. The molecule has 1 heterocycles. The molecular weight excluding hydrogens is 192 g/mol. The summed E-state index contributed by atoms with van der Waals surface area (Å²) in [5.74, 6) is 0.170. The highest BCUT2D eigenvalue weighted by Crippen LogP contribution is 2.07. The van der Waals surface area contributed by atoms with Crippen molar-refractivity contribution in [3.63, 3.8) is 0 Å². The van der Waals surface area contributed by atoms with Crippen molar-refractivity contribution in [2.24, 2.45) is 0 Å². The molecule has 15 heavy (non-hydrogen) atoms. The van der Waals surface area contributed by atoms with Crippen LogP contribution in [-0.2, 0) is 9.53 Å². The lowest BCUT2D eigenvalue weighted by Crippen LogP contribution is -2.38. The van der Waals surface area contributed by atoms with Gasteiger partial charge in [0.15, 0.2) is 0 Å². The number of nitrogens with one attached hydrogen (secondary N) is 2. The molecule has 4 heteroatoms. The molecule has 1 rings (SSSR count). The highest BCUT2D eigenvalue weighted by molar-refractivity contribution is 5.76. The number of ether oxygens (including phenoxy) is 1. The van der Waals surface area contributed by atoms with Gasteiger partial charge in [-0.15, -0.1) is 0 Å². The first-order chi connectivity index (χ1) is 7.22. The van der Waals surface area contributed by atoms with E-state index in [4.69, 9.17) is 4.74 Å². The first-order valence-electron chi connectivity index (χ1n) is 5.74. The molecule has 2 unspecified atom stereocenters. The zero-order chi connectivity index (χ0) is 11.1. The van der Waals surface area contributed by atoms with Crippen LogP contribution in [0.4, 0.5) is 0 Å². The second kappa shape index (κ2) is 6.80. The fourth-order valence-corrected chi connectivity index (χ4v) is 1.90. The van der Waals surface area contributed by atoms with Gasteiger partial charge in [0.2, 0.25) is 5.91 Å². The summed E-state index contributed by atoms with van der Waals surface area (Å²) in [7, 11) is 1.71. The van der Waals surface area contributed by atoms with Crippen molar-refractivity contribution in [2.45, 2.75) is 44.7 Å². The van der Waals surface area contributed by atoms with Gasteiger partial charge in [-0.3, -0.25) is 4.79 Å². The lowest BCUT2D eigenvalue weighted by Gasteiger charge is -2.20. The summed E-state index contributed by atoms with van der Waals surface area (Å²) in [5.41, 5.74) is 0. The van der Waals surface area contributed by atoms with Gasteiger partial charge >= 0.3 is 0 Å². The maximum absolute atomic E-state index is 11.3. The second-order valence-electron chi connectivity index (χ2n) is 4.24.